The fraction of sp³-hybridized carbons (Fsp3) is 0.267. The third kappa shape index (κ3) is 5.54. The summed E-state index contributed by atoms with van der Waals surface area (Å²) in [5, 5.41) is 3.65. The SMILES string of the molecule is CC(C)(C)OC(=O)N[C@@H]1CCN(C(=O)c2ccc(S(=O)(=O)n3cc(-c4ccccc4)c4ccccc43)cc2)C1. The number of fused-ring (bicyclic) bond motifs is 1. The first-order valence-electron chi connectivity index (χ1n) is 12.8. The van der Waals surface area contributed by atoms with E-state index < -0.39 is 21.7 Å². The Morgan fingerprint density at radius 1 is 0.923 bits per heavy atom. The van der Waals surface area contributed by atoms with E-state index in [-0.39, 0.29) is 16.8 Å². The Kier molecular flexibility index (Phi) is 6.94. The molecule has 1 saturated heterocycles. The van der Waals surface area contributed by atoms with Crippen LogP contribution in [0, 0.1) is 0 Å². The Balaban J connectivity index is 1.34. The van der Waals surface area contributed by atoms with Crippen molar-refractivity contribution in [2.75, 3.05) is 13.1 Å². The summed E-state index contributed by atoms with van der Waals surface area (Å²) in [5.74, 6) is -0.217. The predicted molar refractivity (Wildman–Crippen MR) is 150 cm³/mol. The lowest BCUT2D eigenvalue weighted by molar-refractivity contribution is 0.0502. The van der Waals surface area contributed by atoms with Crippen LogP contribution in [-0.2, 0) is 14.8 Å². The second kappa shape index (κ2) is 10.2. The standard InChI is InChI=1S/C30H31N3O5S/c1-30(2,3)38-29(35)31-23-17-18-32(19-23)28(34)22-13-15-24(16-14-22)39(36,37)33-20-26(21-9-5-4-6-10-21)25-11-7-8-12-27(25)33/h4-16,20,23H,17-19H2,1-3H3,(H,31,35)/t23-/m1/s1. The van der Waals surface area contributed by atoms with E-state index in [0.717, 1.165) is 16.5 Å². The van der Waals surface area contributed by atoms with Crippen molar-refractivity contribution in [2.24, 2.45) is 0 Å². The number of likely N-dealkylation sites (tertiary alicyclic amines) is 1. The van der Waals surface area contributed by atoms with Gasteiger partial charge in [-0.05, 0) is 63.1 Å². The van der Waals surface area contributed by atoms with E-state index in [9.17, 15) is 18.0 Å². The Labute approximate surface area is 228 Å². The molecule has 1 fully saturated rings. The van der Waals surface area contributed by atoms with Crippen LogP contribution >= 0.6 is 0 Å². The van der Waals surface area contributed by atoms with Crippen molar-refractivity contribution in [1.29, 1.82) is 0 Å². The highest BCUT2D eigenvalue weighted by atomic mass is 32.2. The molecule has 3 aromatic carbocycles. The van der Waals surface area contributed by atoms with Crippen molar-refractivity contribution >= 4 is 32.9 Å². The fourth-order valence-electron chi connectivity index (χ4n) is 4.80. The first-order chi connectivity index (χ1) is 18.5. The summed E-state index contributed by atoms with van der Waals surface area (Å²) >= 11 is 0. The highest BCUT2D eigenvalue weighted by Gasteiger charge is 2.30. The van der Waals surface area contributed by atoms with Crippen LogP contribution in [0.2, 0.25) is 0 Å². The summed E-state index contributed by atoms with van der Waals surface area (Å²) in [5.41, 5.74) is 2.11. The molecule has 0 bridgehead atoms. The van der Waals surface area contributed by atoms with Crippen LogP contribution in [0.5, 0.6) is 0 Å². The molecule has 39 heavy (non-hydrogen) atoms. The molecule has 0 spiro atoms. The van der Waals surface area contributed by atoms with E-state index >= 15 is 0 Å². The Hall–Kier alpha value is -4.11. The van der Waals surface area contributed by atoms with E-state index in [4.69, 9.17) is 4.74 Å². The van der Waals surface area contributed by atoms with Crippen LogP contribution in [0.3, 0.4) is 0 Å². The van der Waals surface area contributed by atoms with Gasteiger partial charge in [-0.2, -0.15) is 0 Å². The number of hydrogen-bond donors (Lipinski definition) is 1. The second-order valence-corrected chi connectivity index (χ2v) is 12.4. The summed E-state index contributed by atoms with van der Waals surface area (Å²) in [7, 11) is -3.92. The number of hydrogen-bond acceptors (Lipinski definition) is 5. The predicted octanol–water partition coefficient (Wildman–Crippen LogP) is 5.28. The lowest BCUT2D eigenvalue weighted by atomic mass is 10.1. The zero-order chi connectivity index (χ0) is 27.8. The second-order valence-electron chi connectivity index (χ2n) is 10.6. The molecule has 0 aliphatic carbocycles. The molecule has 202 valence electrons. The van der Waals surface area contributed by atoms with Crippen LogP contribution in [-0.4, -0.2) is 54.0 Å². The molecule has 1 aliphatic rings. The zero-order valence-corrected chi connectivity index (χ0v) is 22.9. The van der Waals surface area contributed by atoms with Gasteiger partial charge in [0.2, 0.25) is 0 Å². The molecule has 1 aromatic heterocycles. The monoisotopic (exact) mass is 545 g/mol. The highest BCUT2D eigenvalue weighted by Crippen LogP contribution is 2.33. The van der Waals surface area contributed by atoms with E-state index in [1.807, 2.05) is 48.5 Å². The quantitative estimate of drug-likeness (QED) is 0.368. The van der Waals surface area contributed by atoms with Gasteiger partial charge in [-0.15, -0.1) is 0 Å². The number of rotatable bonds is 5. The third-order valence-corrected chi connectivity index (χ3v) is 8.31. The molecular formula is C30H31N3O5S. The summed E-state index contributed by atoms with van der Waals surface area (Å²) in [6.07, 6.45) is 1.75. The minimum absolute atomic E-state index is 0.0882. The molecule has 8 nitrogen and oxygen atoms in total. The van der Waals surface area contributed by atoms with Gasteiger partial charge in [-0.3, -0.25) is 4.79 Å². The maximum atomic E-state index is 13.7. The minimum atomic E-state index is -3.92. The summed E-state index contributed by atoms with van der Waals surface area (Å²) in [6.45, 7) is 6.22. The maximum absolute atomic E-state index is 13.7. The lowest BCUT2D eigenvalue weighted by Gasteiger charge is -2.22. The van der Waals surface area contributed by atoms with Crippen LogP contribution in [0.4, 0.5) is 4.79 Å². The normalized spacial score (nSPS) is 15.9. The van der Waals surface area contributed by atoms with Crippen LogP contribution < -0.4 is 5.32 Å². The Bertz CT molecular complexity index is 1620. The van der Waals surface area contributed by atoms with E-state index in [1.165, 1.54) is 28.2 Å². The maximum Gasteiger partial charge on any atom is 0.407 e. The molecule has 2 heterocycles. The number of aromatic nitrogens is 1. The van der Waals surface area contributed by atoms with Crippen molar-refractivity contribution in [3.63, 3.8) is 0 Å². The number of carbonyl (C=O) groups excluding carboxylic acids is 2. The van der Waals surface area contributed by atoms with E-state index in [0.29, 0.717) is 30.6 Å². The molecule has 0 saturated carbocycles. The van der Waals surface area contributed by atoms with Gasteiger partial charge < -0.3 is 15.0 Å². The number of carbonyl (C=O) groups is 2. The molecular weight excluding hydrogens is 514 g/mol. The van der Waals surface area contributed by atoms with Gasteiger partial charge in [-0.1, -0.05) is 48.5 Å². The van der Waals surface area contributed by atoms with Gasteiger partial charge in [0, 0.05) is 35.8 Å². The third-order valence-electron chi connectivity index (χ3n) is 6.62. The molecule has 1 aliphatic heterocycles. The average molecular weight is 546 g/mol. The number of benzene rings is 3. The molecule has 0 unspecified atom stereocenters. The van der Waals surface area contributed by atoms with Gasteiger partial charge >= 0.3 is 6.09 Å². The minimum Gasteiger partial charge on any atom is -0.444 e. The van der Waals surface area contributed by atoms with Crippen molar-refractivity contribution in [3.8, 4) is 11.1 Å². The van der Waals surface area contributed by atoms with E-state index in [2.05, 4.69) is 5.32 Å². The van der Waals surface area contributed by atoms with Crippen LogP contribution in [0.1, 0.15) is 37.6 Å². The topological polar surface area (TPSA) is 97.7 Å². The van der Waals surface area contributed by atoms with Crippen LogP contribution in [0.25, 0.3) is 22.0 Å². The number of nitrogens with one attached hydrogen (secondary N) is 1. The van der Waals surface area contributed by atoms with Crippen molar-refractivity contribution in [3.05, 3.63) is 90.6 Å². The Morgan fingerprint density at radius 2 is 1.59 bits per heavy atom. The number of nitrogens with zero attached hydrogens (tertiary/aromatic N) is 2. The van der Waals surface area contributed by atoms with Crippen molar-refractivity contribution < 1.29 is 22.7 Å². The molecule has 1 N–H and O–H groups in total. The summed E-state index contributed by atoms with van der Waals surface area (Å²) < 4.78 is 34.0. The largest absolute Gasteiger partial charge is 0.444 e. The molecule has 2 amide bonds. The first kappa shape index (κ1) is 26.5. The number of alkyl carbamates (subject to hydrolysis) is 1. The first-order valence-corrected chi connectivity index (χ1v) is 14.3. The molecule has 5 rings (SSSR count). The van der Waals surface area contributed by atoms with Crippen molar-refractivity contribution in [1.82, 2.24) is 14.2 Å². The van der Waals surface area contributed by atoms with E-state index in [1.54, 1.807) is 37.9 Å². The summed E-state index contributed by atoms with van der Waals surface area (Å²) in [6, 6.07) is 22.8. The van der Waals surface area contributed by atoms with Gasteiger partial charge in [0.1, 0.15) is 5.60 Å². The smallest absolute Gasteiger partial charge is 0.407 e. The summed E-state index contributed by atoms with van der Waals surface area (Å²) in [4.78, 5) is 26.9. The van der Waals surface area contributed by atoms with Gasteiger partial charge in [-0.25, -0.2) is 17.2 Å². The van der Waals surface area contributed by atoms with Crippen molar-refractivity contribution in [2.45, 2.75) is 43.7 Å². The Morgan fingerprint density at radius 3 is 2.28 bits per heavy atom. The van der Waals surface area contributed by atoms with Gasteiger partial charge in [0.25, 0.3) is 15.9 Å². The average Bonchev–Trinajstić information content (AvgIpc) is 3.53. The molecule has 9 heteroatoms. The van der Waals surface area contributed by atoms with Gasteiger partial charge in [0.05, 0.1) is 16.5 Å². The molecule has 0 radical (unpaired) electrons. The molecule has 1 atom stereocenters. The number of amides is 2. The highest BCUT2D eigenvalue weighted by molar-refractivity contribution is 7.90. The van der Waals surface area contributed by atoms with Gasteiger partial charge in [0.15, 0.2) is 0 Å². The zero-order valence-electron chi connectivity index (χ0n) is 22.1. The van der Waals surface area contributed by atoms with Crippen LogP contribution in [0.15, 0.2) is 90.0 Å². The molecule has 4 aromatic rings. The lowest BCUT2D eigenvalue weighted by Crippen LogP contribution is -2.41. The fourth-order valence-corrected chi connectivity index (χ4v) is 6.17. The number of ether oxygens (including phenoxy) is 1. The number of para-hydroxylation sites is 1.